The minimum absolute atomic E-state index is 0.0644. The van der Waals surface area contributed by atoms with Gasteiger partial charge in [0.05, 0.1) is 11.1 Å². The molecule has 0 fully saturated rings. The van der Waals surface area contributed by atoms with E-state index in [9.17, 15) is 0 Å². The Morgan fingerprint density at radius 2 is 1.89 bits per heavy atom. The molecule has 3 N–H and O–H groups in total. The Morgan fingerprint density at radius 3 is 2.53 bits per heavy atom. The molecule has 0 saturated heterocycles. The van der Waals surface area contributed by atoms with E-state index in [1.807, 2.05) is 18.2 Å². The normalized spacial score (nSPS) is 12.5. The van der Waals surface area contributed by atoms with Gasteiger partial charge in [-0.15, -0.1) is 0 Å². The lowest BCUT2D eigenvalue weighted by molar-refractivity contribution is 0.633. The van der Waals surface area contributed by atoms with Crippen LogP contribution in [0.2, 0.25) is 5.02 Å². The van der Waals surface area contributed by atoms with Crippen LogP contribution in [-0.2, 0) is 0 Å². The van der Waals surface area contributed by atoms with Crippen LogP contribution < -0.4 is 11.3 Å². The number of hydrogen-bond acceptors (Lipinski definition) is 2. The van der Waals surface area contributed by atoms with Crippen LogP contribution in [-0.4, -0.2) is 0 Å². The van der Waals surface area contributed by atoms with Gasteiger partial charge >= 0.3 is 0 Å². The predicted molar refractivity (Wildman–Crippen MR) is 84.2 cm³/mol. The molecule has 1 atom stereocenters. The highest BCUT2D eigenvalue weighted by Crippen LogP contribution is 2.30. The minimum Gasteiger partial charge on any atom is -0.271 e. The van der Waals surface area contributed by atoms with Gasteiger partial charge in [-0.3, -0.25) is 5.84 Å². The fraction of sp³-hybridized carbons (Fsp3) is 0.200. The van der Waals surface area contributed by atoms with Crippen LogP contribution in [0.3, 0.4) is 0 Å². The van der Waals surface area contributed by atoms with Crippen molar-refractivity contribution in [3.63, 3.8) is 0 Å². The van der Waals surface area contributed by atoms with Crippen molar-refractivity contribution in [3.05, 3.63) is 68.1 Å². The minimum atomic E-state index is -0.0644. The van der Waals surface area contributed by atoms with Crippen molar-refractivity contribution in [3.8, 4) is 0 Å². The first kappa shape index (κ1) is 14.5. The first-order chi connectivity index (χ1) is 9.02. The first-order valence-electron chi connectivity index (χ1n) is 6.01. The molecule has 0 radical (unpaired) electrons. The Morgan fingerprint density at radius 1 is 1.16 bits per heavy atom. The summed E-state index contributed by atoms with van der Waals surface area (Å²) in [6.07, 6.45) is 0. The number of aryl methyl sites for hydroxylation is 2. The highest BCUT2D eigenvalue weighted by molar-refractivity contribution is 9.10. The zero-order valence-corrected chi connectivity index (χ0v) is 13.2. The topological polar surface area (TPSA) is 38.0 Å². The van der Waals surface area contributed by atoms with Gasteiger partial charge in [-0.25, -0.2) is 5.43 Å². The zero-order chi connectivity index (χ0) is 14.0. The molecule has 0 aliphatic carbocycles. The quantitative estimate of drug-likeness (QED) is 0.647. The highest BCUT2D eigenvalue weighted by Gasteiger charge is 2.15. The third-order valence-electron chi connectivity index (χ3n) is 3.19. The number of benzene rings is 2. The molecule has 0 bridgehead atoms. The number of hydrazine groups is 1. The molecule has 0 aliphatic rings. The fourth-order valence-corrected chi connectivity index (χ4v) is 2.56. The van der Waals surface area contributed by atoms with Gasteiger partial charge in [-0.2, -0.15) is 0 Å². The molecule has 0 heterocycles. The molecule has 0 amide bonds. The van der Waals surface area contributed by atoms with Crippen LogP contribution in [0.1, 0.15) is 28.3 Å². The summed E-state index contributed by atoms with van der Waals surface area (Å²) < 4.78 is 0.884. The van der Waals surface area contributed by atoms with Gasteiger partial charge in [0.25, 0.3) is 0 Å². The van der Waals surface area contributed by atoms with Crippen molar-refractivity contribution < 1.29 is 0 Å². The van der Waals surface area contributed by atoms with E-state index >= 15 is 0 Å². The Labute approximate surface area is 127 Å². The van der Waals surface area contributed by atoms with Crippen molar-refractivity contribution in [2.75, 3.05) is 0 Å². The van der Waals surface area contributed by atoms with Gasteiger partial charge in [-0.1, -0.05) is 41.4 Å². The summed E-state index contributed by atoms with van der Waals surface area (Å²) in [5.74, 6) is 5.74. The Bertz CT molecular complexity index is 599. The zero-order valence-electron chi connectivity index (χ0n) is 10.9. The van der Waals surface area contributed by atoms with Crippen LogP contribution in [0.4, 0.5) is 0 Å². The van der Waals surface area contributed by atoms with Crippen molar-refractivity contribution in [1.82, 2.24) is 5.43 Å². The molecule has 0 saturated carbocycles. The van der Waals surface area contributed by atoms with Crippen LogP contribution in [0.15, 0.2) is 40.9 Å². The molecule has 2 nitrogen and oxygen atoms in total. The number of halogens is 2. The third-order valence-corrected chi connectivity index (χ3v) is 4.42. The lowest BCUT2D eigenvalue weighted by atomic mass is 9.94. The van der Waals surface area contributed by atoms with E-state index in [4.69, 9.17) is 17.4 Å². The molecule has 2 aromatic rings. The monoisotopic (exact) mass is 338 g/mol. The van der Waals surface area contributed by atoms with E-state index in [-0.39, 0.29) is 6.04 Å². The van der Waals surface area contributed by atoms with Crippen molar-refractivity contribution in [2.45, 2.75) is 19.9 Å². The lowest BCUT2D eigenvalue weighted by Gasteiger charge is -2.20. The number of nitrogens with one attached hydrogen (secondary N) is 1. The summed E-state index contributed by atoms with van der Waals surface area (Å²) in [7, 11) is 0. The molecule has 0 spiro atoms. The molecule has 0 aromatic heterocycles. The predicted octanol–water partition coefficient (Wildman–Crippen LogP) is 4.27. The second-order valence-electron chi connectivity index (χ2n) is 4.63. The molecule has 2 aromatic carbocycles. The SMILES string of the molecule is Cc1ccc(C)c(C(NN)c2ccc(Br)c(Cl)c2)c1. The fourth-order valence-electron chi connectivity index (χ4n) is 2.13. The van der Waals surface area contributed by atoms with Gasteiger partial charge in [0.1, 0.15) is 0 Å². The van der Waals surface area contributed by atoms with Gasteiger partial charge in [0.15, 0.2) is 0 Å². The molecule has 0 aliphatic heterocycles. The maximum Gasteiger partial charge on any atom is 0.0713 e. The summed E-state index contributed by atoms with van der Waals surface area (Å²) in [6.45, 7) is 4.16. The molecule has 19 heavy (non-hydrogen) atoms. The van der Waals surface area contributed by atoms with Crippen LogP contribution >= 0.6 is 27.5 Å². The molecule has 2 rings (SSSR count). The summed E-state index contributed by atoms with van der Waals surface area (Å²) in [4.78, 5) is 0. The lowest BCUT2D eigenvalue weighted by Crippen LogP contribution is -2.29. The molecule has 1 unspecified atom stereocenters. The van der Waals surface area contributed by atoms with Crippen molar-refractivity contribution in [2.24, 2.45) is 5.84 Å². The van der Waals surface area contributed by atoms with Gasteiger partial charge < -0.3 is 0 Å². The smallest absolute Gasteiger partial charge is 0.0713 e. The number of rotatable bonds is 3. The van der Waals surface area contributed by atoms with Crippen molar-refractivity contribution in [1.29, 1.82) is 0 Å². The van der Waals surface area contributed by atoms with Gasteiger partial charge in [0.2, 0.25) is 0 Å². The second kappa shape index (κ2) is 6.06. The molecular weight excluding hydrogens is 324 g/mol. The van der Waals surface area contributed by atoms with Crippen molar-refractivity contribution >= 4 is 27.5 Å². The molecule has 100 valence electrons. The third kappa shape index (κ3) is 3.18. The van der Waals surface area contributed by atoms with Crippen LogP contribution in [0.5, 0.6) is 0 Å². The maximum atomic E-state index is 6.16. The maximum absolute atomic E-state index is 6.16. The van der Waals surface area contributed by atoms with E-state index in [0.29, 0.717) is 5.02 Å². The van der Waals surface area contributed by atoms with E-state index in [2.05, 4.69) is 53.4 Å². The van der Waals surface area contributed by atoms with E-state index in [1.54, 1.807) is 0 Å². The second-order valence-corrected chi connectivity index (χ2v) is 5.89. The average Bonchev–Trinajstić information content (AvgIpc) is 2.38. The first-order valence-corrected chi connectivity index (χ1v) is 7.18. The Hall–Kier alpha value is -0.870. The van der Waals surface area contributed by atoms with Crippen LogP contribution in [0, 0.1) is 13.8 Å². The highest BCUT2D eigenvalue weighted by atomic mass is 79.9. The van der Waals surface area contributed by atoms with Crippen LogP contribution in [0.25, 0.3) is 0 Å². The molecular formula is C15H16BrClN2. The summed E-state index contributed by atoms with van der Waals surface area (Å²) >= 11 is 9.56. The molecule has 4 heteroatoms. The van der Waals surface area contributed by atoms with Gasteiger partial charge in [-0.05, 0) is 58.6 Å². The van der Waals surface area contributed by atoms with Gasteiger partial charge in [0, 0.05) is 4.47 Å². The average molecular weight is 340 g/mol. The number of nitrogens with two attached hydrogens (primary N) is 1. The van der Waals surface area contributed by atoms with E-state index < -0.39 is 0 Å². The Kier molecular flexibility index (Phi) is 4.63. The summed E-state index contributed by atoms with van der Waals surface area (Å²) in [5, 5.41) is 0.683. The van der Waals surface area contributed by atoms with E-state index in [1.165, 1.54) is 16.7 Å². The summed E-state index contributed by atoms with van der Waals surface area (Å²) in [6, 6.07) is 12.2. The standard InChI is InChI=1S/C15H16BrClN2/c1-9-3-4-10(2)12(7-9)15(19-18)11-5-6-13(16)14(17)8-11/h3-8,15,19H,18H2,1-2H3. The largest absolute Gasteiger partial charge is 0.271 e. The number of hydrogen-bond donors (Lipinski definition) is 2. The Balaban J connectivity index is 2.49. The van der Waals surface area contributed by atoms with E-state index in [0.717, 1.165) is 10.0 Å². The summed E-state index contributed by atoms with van der Waals surface area (Å²) in [5.41, 5.74) is 7.50.